The Hall–Kier alpha value is -1.24. The van der Waals surface area contributed by atoms with E-state index < -0.39 is 0 Å². The highest BCUT2D eigenvalue weighted by molar-refractivity contribution is 5.26. The summed E-state index contributed by atoms with van der Waals surface area (Å²) in [5.41, 5.74) is 0.564. The number of hydrogen-bond donors (Lipinski definition) is 2. The van der Waals surface area contributed by atoms with Gasteiger partial charge in [-0.1, -0.05) is 41.0 Å². The zero-order valence-corrected chi connectivity index (χ0v) is 10.3. The molecule has 0 aromatic rings. The molecule has 0 aromatic carbocycles. The molecule has 0 saturated carbocycles. The van der Waals surface area contributed by atoms with Crippen molar-refractivity contribution in [2.75, 3.05) is 0 Å². The van der Waals surface area contributed by atoms with Gasteiger partial charge in [0.15, 0.2) is 0 Å². The highest BCUT2D eigenvalue weighted by Crippen LogP contribution is 2.28. The van der Waals surface area contributed by atoms with Crippen LogP contribution in [0.15, 0.2) is 0 Å². The Labute approximate surface area is 92.1 Å². The van der Waals surface area contributed by atoms with Crippen LogP contribution in [0.5, 0.6) is 0 Å². The molecule has 2 N–H and O–H groups in total. The number of carbonyl (C=O) groups excluding carboxylic acids is 2. The van der Waals surface area contributed by atoms with Crippen LogP contribution in [0.2, 0.25) is 0 Å². The second kappa shape index (κ2) is 12.8. The molecule has 88 valence electrons. The second-order valence-electron chi connectivity index (χ2n) is 4.32. The van der Waals surface area contributed by atoms with E-state index in [1.54, 1.807) is 0 Å². The third-order valence-corrected chi connectivity index (χ3v) is 1.92. The summed E-state index contributed by atoms with van der Waals surface area (Å²) < 4.78 is 0. The first-order valence-corrected chi connectivity index (χ1v) is 4.89. The maximum Gasteiger partial charge on any atom is 0.231 e. The first kappa shape index (κ1) is 19.4. The van der Waals surface area contributed by atoms with Crippen molar-refractivity contribution < 1.29 is 9.59 Å². The Morgan fingerprint density at radius 3 is 1.47 bits per heavy atom. The van der Waals surface area contributed by atoms with E-state index in [0.717, 1.165) is 18.1 Å². The van der Waals surface area contributed by atoms with E-state index in [9.17, 15) is 0 Å². The Balaban J connectivity index is -0.000000200. The third kappa shape index (κ3) is 32.3. The zero-order valence-electron chi connectivity index (χ0n) is 10.3. The molecule has 15 heavy (non-hydrogen) atoms. The standard InChI is InChI=1S/C9H20.2CHNO/c1-6-9(4,5)7-8(2)3;2*2-1-3/h8H,6-7H2,1-5H3;2*2H. The number of nitrogens with one attached hydrogen (secondary N) is 2. The lowest BCUT2D eigenvalue weighted by atomic mass is 9.82. The number of isocyanates is 2. The molecule has 0 aliphatic rings. The van der Waals surface area contributed by atoms with Crippen molar-refractivity contribution >= 4 is 12.2 Å². The van der Waals surface area contributed by atoms with Gasteiger partial charge in [-0.3, -0.25) is 0 Å². The van der Waals surface area contributed by atoms with E-state index in [2.05, 4.69) is 34.6 Å². The molecule has 0 bridgehead atoms. The van der Waals surface area contributed by atoms with Crippen molar-refractivity contribution in [3.05, 3.63) is 0 Å². The van der Waals surface area contributed by atoms with Crippen LogP contribution in [0.4, 0.5) is 0 Å². The molecule has 0 atom stereocenters. The van der Waals surface area contributed by atoms with Crippen LogP contribution in [0.1, 0.15) is 47.5 Å². The van der Waals surface area contributed by atoms with Gasteiger partial charge >= 0.3 is 0 Å². The topological polar surface area (TPSA) is 81.8 Å². The lowest BCUT2D eigenvalue weighted by Crippen LogP contribution is -2.12. The predicted molar refractivity (Wildman–Crippen MR) is 60.4 cm³/mol. The van der Waals surface area contributed by atoms with Crippen molar-refractivity contribution in [2.24, 2.45) is 11.3 Å². The fourth-order valence-electron chi connectivity index (χ4n) is 1.25. The van der Waals surface area contributed by atoms with E-state index in [1.165, 1.54) is 12.8 Å². The minimum absolute atomic E-state index is 0.564. The fourth-order valence-corrected chi connectivity index (χ4v) is 1.25. The summed E-state index contributed by atoms with van der Waals surface area (Å²) in [4.78, 5) is 16.7. The molecular weight excluding hydrogens is 192 g/mol. The van der Waals surface area contributed by atoms with Crippen LogP contribution in [-0.2, 0) is 9.59 Å². The summed E-state index contributed by atoms with van der Waals surface area (Å²) in [5, 5.41) is 10.8. The highest BCUT2D eigenvalue weighted by atomic mass is 16.1. The van der Waals surface area contributed by atoms with Crippen LogP contribution in [-0.4, -0.2) is 12.2 Å². The number of hydrogen-bond acceptors (Lipinski definition) is 4. The van der Waals surface area contributed by atoms with Crippen molar-refractivity contribution in [1.82, 2.24) is 0 Å². The summed E-state index contributed by atoms with van der Waals surface area (Å²) in [6, 6.07) is 0. The first-order valence-electron chi connectivity index (χ1n) is 4.89. The molecule has 0 saturated heterocycles. The Bertz CT molecular complexity index is 187. The predicted octanol–water partition coefficient (Wildman–Crippen LogP) is 3.27. The van der Waals surface area contributed by atoms with Crippen LogP contribution in [0.3, 0.4) is 0 Å². The van der Waals surface area contributed by atoms with Crippen LogP contribution >= 0.6 is 0 Å². The SMILES string of the molecule is CCC(C)(C)CC(C)C.N=C=O.N=C=O. The van der Waals surface area contributed by atoms with E-state index in [1.807, 2.05) is 0 Å². The summed E-state index contributed by atoms with van der Waals surface area (Å²) in [7, 11) is 0. The van der Waals surface area contributed by atoms with Gasteiger partial charge in [0.25, 0.3) is 0 Å². The lowest BCUT2D eigenvalue weighted by molar-refractivity contribution is 0.277. The van der Waals surface area contributed by atoms with Gasteiger partial charge in [0.1, 0.15) is 0 Å². The normalized spacial score (nSPS) is 8.67. The van der Waals surface area contributed by atoms with Gasteiger partial charge < -0.3 is 0 Å². The molecule has 0 aromatic heterocycles. The summed E-state index contributed by atoms with van der Waals surface area (Å²) in [5.74, 6) is 0.847. The minimum Gasteiger partial charge on any atom is -0.222 e. The average Bonchev–Trinajstić information content (AvgIpc) is 2.05. The molecular formula is C11H22N2O2. The molecule has 0 aliphatic heterocycles. The van der Waals surface area contributed by atoms with Gasteiger partial charge in [-0.2, -0.15) is 0 Å². The second-order valence-corrected chi connectivity index (χ2v) is 4.32. The van der Waals surface area contributed by atoms with Gasteiger partial charge in [-0.15, -0.1) is 0 Å². The first-order chi connectivity index (χ1) is 6.81. The monoisotopic (exact) mass is 214 g/mol. The van der Waals surface area contributed by atoms with Gasteiger partial charge in [-0.25, -0.2) is 20.4 Å². The average molecular weight is 214 g/mol. The molecule has 0 fully saturated rings. The van der Waals surface area contributed by atoms with E-state index in [0.29, 0.717) is 5.41 Å². The van der Waals surface area contributed by atoms with Crippen LogP contribution in [0, 0.1) is 22.2 Å². The molecule has 0 spiro atoms. The minimum atomic E-state index is 0.564. The Morgan fingerprint density at radius 2 is 1.40 bits per heavy atom. The van der Waals surface area contributed by atoms with Crippen molar-refractivity contribution in [2.45, 2.75) is 47.5 Å². The lowest BCUT2D eigenvalue weighted by Gasteiger charge is -2.24. The fraction of sp³-hybridized carbons (Fsp3) is 0.818. The van der Waals surface area contributed by atoms with Gasteiger partial charge in [0, 0.05) is 0 Å². The van der Waals surface area contributed by atoms with Crippen LogP contribution < -0.4 is 0 Å². The molecule has 4 nitrogen and oxygen atoms in total. The molecule has 0 aliphatic carbocycles. The summed E-state index contributed by atoms with van der Waals surface area (Å²) in [6.45, 7) is 11.5. The van der Waals surface area contributed by atoms with Crippen molar-refractivity contribution in [1.29, 1.82) is 10.8 Å². The molecule has 0 heterocycles. The Kier molecular flexibility index (Phi) is 16.5. The quantitative estimate of drug-likeness (QED) is 0.558. The van der Waals surface area contributed by atoms with E-state index in [4.69, 9.17) is 20.4 Å². The molecule has 0 unspecified atom stereocenters. The smallest absolute Gasteiger partial charge is 0.222 e. The number of rotatable bonds is 3. The van der Waals surface area contributed by atoms with Crippen LogP contribution in [0.25, 0.3) is 0 Å². The molecule has 0 rings (SSSR count). The van der Waals surface area contributed by atoms with Crippen molar-refractivity contribution in [3.63, 3.8) is 0 Å². The van der Waals surface area contributed by atoms with Crippen molar-refractivity contribution in [3.8, 4) is 0 Å². The highest BCUT2D eigenvalue weighted by Gasteiger charge is 2.15. The molecule has 4 heteroatoms. The molecule has 0 amide bonds. The van der Waals surface area contributed by atoms with Gasteiger partial charge in [0.2, 0.25) is 12.2 Å². The van der Waals surface area contributed by atoms with Gasteiger partial charge in [0.05, 0.1) is 0 Å². The van der Waals surface area contributed by atoms with E-state index in [-0.39, 0.29) is 0 Å². The molecule has 0 radical (unpaired) electrons. The van der Waals surface area contributed by atoms with E-state index >= 15 is 0 Å². The maximum absolute atomic E-state index is 8.35. The summed E-state index contributed by atoms with van der Waals surface area (Å²) >= 11 is 0. The summed E-state index contributed by atoms with van der Waals surface area (Å²) in [6.07, 6.45) is 4.15. The largest absolute Gasteiger partial charge is 0.231 e. The zero-order chi connectivity index (χ0) is 12.9. The third-order valence-electron chi connectivity index (χ3n) is 1.92. The maximum atomic E-state index is 8.35. The Morgan fingerprint density at radius 1 is 1.13 bits per heavy atom. The van der Waals surface area contributed by atoms with Gasteiger partial charge in [-0.05, 0) is 17.8 Å².